The Morgan fingerprint density at radius 1 is 1.21 bits per heavy atom. The van der Waals surface area contributed by atoms with Gasteiger partial charge in [0.25, 0.3) is 5.91 Å². The summed E-state index contributed by atoms with van der Waals surface area (Å²) >= 11 is 4.36. The maximum absolute atomic E-state index is 13.9. The molecule has 0 bridgehead atoms. The van der Waals surface area contributed by atoms with E-state index in [4.69, 9.17) is 4.74 Å². The zero-order chi connectivity index (χ0) is 16.9. The Morgan fingerprint density at radius 3 is 2.71 bits per heavy atom. The second kappa shape index (κ2) is 7.68. The lowest BCUT2D eigenvalue weighted by Crippen LogP contribution is -2.36. The van der Waals surface area contributed by atoms with Crippen molar-refractivity contribution in [3.8, 4) is 0 Å². The Labute approximate surface area is 146 Å². The number of amides is 1. The largest absolute Gasteiger partial charge is 0.378 e. The summed E-state index contributed by atoms with van der Waals surface area (Å²) in [6.45, 7) is 2.95. The standard InChI is InChI=1S/C18H19FN2O2S/c19-15-9-14(10-16(11-15)21-5-7-23-8-6-21)18(22)20-12-13-3-1-2-4-17(13)24/h1-4,9-11,24H,5-8,12H2,(H,20,22). The van der Waals surface area contributed by atoms with Crippen LogP contribution in [-0.4, -0.2) is 32.2 Å². The van der Waals surface area contributed by atoms with E-state index in [-0.39, 0.29) is 5.91 Å². The average molecular weight is 346 g/mol. The van der Waals surface area contributed by atoms with Crippen LogP contribution in [0.25, 0.3) is 0 Å². The molecule has 1 amide bonds. The van der Waals surface area contributed by atoms with E-state index in [1.165, 1.54) is 12.1 Å². The number of morpholine rings is 1. The van der Waals surface area contributed by atoms with E-state index in [0.29, 0.717) is 44.1 Å². The number of nitrogens with zero attached hydrogens (tertiary/aromatic N) is 1. The Bertz CT molecular complexity index is 733. The molecule has 1 saturated heterocycles. The summed E-state index contributed by atoms with van der Waals surface area (Å²) in [6.07, 6.45) is 0. The first-order chi connectivity index (χ1) is 11.6. The molecular weight excluding hydrogens is 327 g/mol. The van der Waals surface area contributed by atoms with E-state index in [1.807, 2.05) is 29.2 Å². The first-order valence-electron chi connectivity index (χ1n) is 7.82. The number of carbonyl (C=O) groups excluding carboxylic acids is 1. The molecule has 4 nitrogen and oxygen atoms in total. The van der Waals surface area contributed by atoms with Gasteiger partial charge in [0, 0.05) is 35.8 Å². The predicted octanol–water partition coefficient (Wildman–Crippen LogP) is 2.88. The van der Waals surface area contributed by atoms with Gasteiger partial charge in [-0.2, -0.15) is 0 Å². The molecule has 1 fully saturated rings. The number of anilines is 1. The second-order valence-electron chi connectivity index (χ2n) is 5.61. The molecule has 1 aliphatic heterocycles. The van der Waals surface area contributed by atoms with Crippen molar-refractivity contribution in [2.75, 3.05) is 31.2 Å². The lowest BCUT2D eigenvalue weighted by molar-refractivity contribution is 0.0950. The normalized spacial score (nSPS) is 14.5. The van der Waals surface area contributed by atoms with Gasteiger partial charge in [0.05, 0.1) is 13.2 Å². The number of rotatable bonds is 4. The van der Waals surface area contributed by atoms with E-state index < -0.39 is 5.82 Å². The fourth-order valence-corrected chi connectivity index (χ4v) is 2.89. The predicted molar refractivity (Wildman–Crippen MR) is 94.3 cm³/mol. The van der Waals surface area contributed by atoms with E-state index >= 15 is 0 Å². The van der Waals surface area contributed by atoms with E-state index in [0.717, 1.165) is 10.5 Å². The van der Waals surface area contributed by atoms with Crippen LogP contribution in [0.2, 0.25) is 0 Å². The molecule has 3 rings (SSSR count). The lowest BCUT2D eigenvalue weighted by Gasteiger charge is -2.29. The van der Waals surface area contributed by atoms with Crippen molar-refractivity contribution in [2.45, 2.75) is 11.4 Å². The number of hydrogen-bond donors (Lipinski definition) is 2. The highest BCUT2D eigenvalue weighted by atomic mass is 32.1. The van der Waals surface area contributed by atoms with Crippen molar-refractivity contribution in [3.63, 3.8) is 0 Å². The third-order valence-corrected chi connectivity index (χ3v) is 4.39. The number of hydrogen-bond acceptors (Lipinski definition) is 4. The molecular formula is C18H19FN2O2S. The molecule has 2 aromatic carbocycles. The van der Waals surface area contributed by atoms with Crippen molar-refractivity contribution in [3.05, 3.63) is 59.4 Å². The minimum absolute atomic E-state index is 0.305. The first kappa shape index (κ1) is 16.8. The van der Waals surface area contributed by atoms with Gasteiger partial charge in [-0.1, -0.05) is 18.2 Å². The van der Waals surface area contributed by atoms with Crippen molar-refractivity contribution >= 4 is 24.2 Å². The van der Waals surface area contributed by atoms with Crippen LogP contribution >= 0.6 is 12.6 Å². The average Bonchev–Trinajstić information content (AvgIpc) is 2.61. The number of nitrogens with one attached hydrogen (secondary N) is 1. The zero-order valence-electron chi connectivity index (χ0n) is 13.2. The van der Waals surface area contributed by atoms with Crippen LogP contribution in [0.5, 0.6) is 0 Å². The number of carbonyl (C=O) groups is 1. The smallest absolute Gasteiger partial charge is 0.251 e. The molecule has 0 aromatic heterocycles. The Hall–Kier alpha value is -2.05. The molecule has 0 spiro atoms. The van der Waals surface area contributed by atoms with Gasteiger partial charge >= 0.3 is 0 Å². The van der Waals surface area contributed by atoms with Crippen LogP contribution in [-0.2, 0) is 11.3 Å². The maximum atomic E-state index is 13.9. The van der Waals surface area contributed by atoms with Gasteiger partial charge in [-0.05, 0) is 29.8 Å². The topological polar surface area (TPSA) is 41.6 Å². The minimum Gasteiger partial charge on any atom is -0.378 e. The van der Waals surface area contributed by atoms with Gasteiger partial charge in [-0.3, -0.25) is 4.79 Å². The molecule has 1 N–H and O–H groups in total. The fourth-order valence-electron chi connectivity index (χ4n) is 2.65. The number of ether oxygens (including phenoxy) is 1. The fraction of sp³-hybridized carbons (Fsp3) is 0.278. The summed E-state index contributed by atoms with van der Waals surface area (Å²) in [5.74, 6) is -0.723. The van der Waals surface area contributed by atoms with Gasteiger partial charge in [-0.15, -0.1) is 12.6 Å². The quantitative estimate of drug-likeness (QED) is 0.837. The highest BCUT2D eigenvalue weighted by Gasteiger charge is 2.15. The van der Waals surface area contributed by atoms with Crippen LogP contribution in [0.15, 0.2) is 47.4 Å². The molecule has 6 heteroatoms. The Morgan fingerprint density at radius 2 is 1.96 bits per heavy atom. The third kappa shape index (κ3) is 4.07. The van der Waals surface area contributed by atoms with Crippen LogP contribution in [0.3, 0.4) is 0 Å². The monoisotopic (exact) mass is 346 g/mol. The lowest BCUT2D eigenvalue weighted by atomic mass is 10.1. The highest BCUT2D eigenvalue weighted by molar-refractivity contribution is 7.80. The number of halogens is 1. The maximum Gasteiger partial charge on any atom is 0.251 e. The summed E-state index contributed by atoms with van der Waals surface area (Å²) in [5, 5.41) is 2.82. The van der Waals surface area contributed by atoms with Crippen molar-refractivity contribution in [1.82, 2.24) is 5.32 Å². The van der Waals surface area contributed by atoms with Gasteiger partial charge in [0.1, 0.15) is 5.82 Å². The van der Waals surface area contributed by atoms with Crippen LogP contribution in [0.1, 0.15) is 15.9 Å². The van der Waals surface area contributed by atoms with Gasteiger partial charge in [-0.25, -0.2) is 4.39 Å². The van der Waals surface area contributed by atoms with Crippen LogP contribution < -0.4 is 10.2 Å². The van der Waals surface area contributed by atoms with E-state index in [9.17, 15) is 9.18 Å². The summed E-state index contributed by atoms with van der Waals surface area (Å²) < 4.78 is 19.2. The summed E-state index contributed by atoms with van der Waals surface area (Å²) in [6, 6.07) is 12.0. The Kier molecular flexibility index (Phi) is 5.37. The summed E-state index contributed by atoms with van der Waals surface area (Å²) in [4.78, 5) is 15.2. The van der Waals surface area contributed by atoms with Gasteiger partial charge in [0.2, 0.25) is 0 Å². The molecule has 0 unspecified atom stereocenters. The second-order valence-corrected chi connectivity index (χ2v) is 6.09. The molecule has 1 aliphatic rings. The molecule has 0 aliphatic carbocycles. The van der Waals surface area contributed by atoms with Gasteiger partial charge < -0.3 is 15.0 Å². The van der Waals surface area contributed by atoms with Crippen molar-refractivity contribution in [2.24, 2.45) is 0 Å². The van der Waals surface area contributed by atoms with E-state index in [2.05, 4.69) is 17.9 Å². The third-order valence-electron chi connectivity index (χ3n) is 3.95. The van der Waals surface area contributed by atoms with Crippen LogP contribution in [0.4, 0.5) is 10.1 Å². The highest BCUT2D eigenvalue weighted by Crippen LogP contribution is 2.20. The van der Waals surface area contributed by atoms with Gasteiger partial charge in [0.15, 0.2) is 0 Å². The van der Waals surface area contributed by atoms with Crippen molar-refractivity contribution in [1.29, 1.82) is 0 Å². The molecule has 126 valence electrons. The first-order valence-corrected chi connectivity index (χ1v) is 8.26. The molecule has 0 saturated carbocycles. The number of thiol groups is 1. The minimum atomic E-state index is -0.418. The molecule has 2 aromatic rings. The summed E-state index contributed by atoms with van der Waals surface area (Å²) in [7, 11) is 0. The van der Waals surface area contributed by atoms with E-state index in [1.54, 1.807) is 6.07 Å². The van der Waals surface area contributed by atoms with Crippen LogP contribution in [0, 0.1) is 5.82 Å². The van der Waals surface area contributed by atoms with Crippen molar-refractivity contribution < 1.29 is 13.9 Å². The molecule has 0 radical (unpaired) electrons. The molecule has 24 heavy (non-hydrogen) atoms. The Balaban J connectivity index is 1.72. The molecule has 0 atom stereocenters. The zero-order valence-corrected chi connectivity index (χ0v) is 14.1. The summed E-state index contributed by atoms with van der Waals surface area (Å²) in [5.41, 5.74) is 1.94. The molecule has 1 heterocycles. The number of benzene rings is 2. The SMILES string of the molecule is O=C(NCc1ccccc1S)c1cc(F)cc(N2CCOCC2)c1.